The van der Waals surface area contributed by atoms with Crippen LogP contribution in [0.15, 0.2) is 18.2 Å². The Morgan fingerprint density at radius 1 is 1.16 bits per heavy atom. The number of hydrogen-bond acceptors (Lipinski definition) is 4. The first kappa shape index (κ1) is 19.1. The Kier molecular flexibility index (Phi) is 5.89. The molecular formula is C18H28N3O4+. The van der Waals surface area contributed by atoms with Crippen LogP contribution < -0.4 is 25.0 Å². The minimum absolute atomic E-state index is 0.0679. The highest BCUT2D eigenvalue weighted by Gasteiger charge is 2.21. The van der Waals surface area contributed by atoms with E-state index in [0.29, 0.717) is 5.75 Å². The molecule has 0 saturated heterocycles. The van der Waals surface area contributed by atoms with E-state index < -0.39 is 0 Å². The van der Waals surface area contributed by atoms with Crippen molar-refractivity contribution >= 4 is 11.8 Å². The summed E-state index contributed by atoms with van der Waals surface area (Å²) in [7, 11) is 1.83. The number of likely N-dealkylation sites (N-methyl/N-ethyl adjacent to an activating group) is 1. The highest BCUT2D eigenvalue weighted by Crippen LogP contribution is 2.34. The van der Waals surface area contributed by atoms with Gasteiger partial charge in [-0.15, -0.1) is 0 Å². The third-order valence-corrected chi connectivity index (χ3v) is 3.71. The number of carbonyl (C=O) groups is 2. The normalized spacial score (nSPS) is 15.4. The van der Waals surface area contributed by atoms with Gasteiger partial charge in [-0.25, -0.2) is 0 Å². The molecule has 0 aliphatic carbocycles. The monoisotopic (exact) mass is 350 g/mol. The average Bonchev–Trinajstić information content (AvgIpc) is 2.91. The van der Waals surface area contributed by atoms with E-state index in [-0.39, 0.29) is 43.3 Å². The van der Waals surface area contributed by atoms with Crippen LogP contribution >= 0.6 is 0 Å². The van der Waals surface area contributed by atoms with Crippen LogP contribution in [0.1, 0.15) is 39.3 Å². The molecule has 0 aromatic heterocycles. The van der Waals surface area contributed by atoms with Crippen molar-refractivity contribution in [2.24, 2.45) is 0 Å². The second kappa shape index (κ2) is 7.74. The van der Waals surface area contributed by atoms with Gasteiger partial charge in [0.1, 0.15) is 0 Å². The van der Waals surface area contributed by atoms with Crippen LogP contribution in [0.5, 0.6) is 11.5 Å². The fraction of sp³-hybridized carbons (Fsp3) is 0.556. The maximum absolute atomic E-state index is 12.2. The number of ether oxygens (including phenoxy) is 2. The third-order valence-electron chi connectivity index (χ3n) is 3.71. The lowest BCUT2D eigenvalue weighted by atomic mass is 10.1. The van der Waals surface area contributed by atoms with Gasteiger partial charge in [-0.2, -0.15) is 0 Å². The van der Waals surface area contributed by atoms with E-state index in [0.717, 1.165) is 16.2 Å². The summed E-state index contributed by atoms with van der Waals surface area (Å²) in [6, 6.07) is 5.47. The Bertz CT molecular complexity index is 640. The van der Waals surface area contributed by atoms with Crippen molar-refractivity contribution in [3.05, 3.63) is 23.8 Å². The summed E-state index contributed by atoms with van der Waals surface area (Å²) in [5.74, 6) is 1.24. The molecule has 25 heavy (non-hydrogen) atoms. The van der Waals surface area contributed by atoms with Gasteiger partial charge in [-0.05, 0) is 45.4 Å². The van der Waals surface area contributed by atoms with Gasteiger partial charge in [0.2, 0.25) is 6.79 Å². The van der Waals surface area contributed by atoms with Gasteiger partial charge in [0.25, 0.3) is 11.8 Å². The predicted molar refractivity (Wildman–Crippen MR) is 93.6 cm³/mol. The number of benzene rings is 1. The summed E-state index contributed by atoms with van der Waals surface area (Å²) in [6.07, 6.45) is 0. The van der Waals surface area contributed by atoms with E-state index in [4.69, 9.17) is 9.47 Å². The third kappa shape index (κ3) is 5.94. The van der Waals surface area contributed by atoms with E-state index >= 15 is 0 Å². The van der Waals surface area contributed by atoms with Crippen LogP contribution in [-0.2, 0) is 9.59 Å². The smallest absolute Gasteiger partial charge is 0.275 e. The minimum atomic E-state index is -0.270. The molecule has 2 rings (SSSR count). The van der Waals surface area contributed by atoms with E-state index in [9.17, 15) is 9.59 Å². The van der Waals surface area contributed by atoms with E-state index in [1.807, 2.05) is 52.9 Å². The number of rotatable bonds is 6. The largest absolute Gasteiger partial charge is 0.454 e. The number of amides is 2. The average molecular weight is 350 g/mol. The fourth-order valence-corrected chi connectivity index (χ4v) is 2.63. The van der Waals surface area contributed by atoms with Crippen molar-refractivity contribution < 1.29 is 24.0 Å². The lowest BCUT2D eigenvalue weighted by Crippen LogP contribution is -3.11. The fourth-order valence-electron chi connectivity index (χ4n) is 2.63. The van der Waals surface area contributed by atoms with Crippen LogP contribution in [0.4, 0.5) is 0 Å². The Labute approximate surface area is 148 Å². The zero-order valence-electron chi connectivity index (χ0n) is 15.6. The molecule has 138 valence electrons. The first-order valence-corrected chi connectivity index (χ1v) is 8.45. The van der Waals surface area contributed by atoms with E-state index in [2.05, 4.69) is 10.6 Å². The molecule has 1 aliphatic rings. The van der Waals surface area contributed by atoms with Crippen molar-refractivity contribution in [2.75, 3.05) is 26.9 Å². The minimum Gasteiger partial charge on any atom is -0.454 e. The molecule has 0 saturated carbocycles. The molecule has 2 amide bonds. The second-order valence-electron chi connectivity index (χ2n) is 7.51. The van der Waals surface area contributed by atoms with Crippen LogP contribution in [0.3, 0.4) is 0 Å². The summed E-state index contributed by atoms with van der Waals surface area (Å²) in [5, 5.41) is 5.85. The summed E-state index contributed by atoms with van der Waals surface area (Å²) in [4.78, 5) is 25.0. The molecule has 0 bridgehead atoms. The number of nitrogens with one attached hydrogen (secondary N) is 3. The molecule has 0 radical (unpaired) electrons. The first-order valence-electron chi connectivity index (χ1n) is 8.45. The van der Waals surface area contributed by atoms with Crippen LogP contribution in [-0.4, -0.2) is 44.3 Å². The molecule has 3 N–H and O–H groups in total. The zero-order valence-corrected chi connectivity index (χ0v) is 15.6. The molecule has 1 aliphatic heterocycles. The second-order valence-corrected chi connectivity index (χ2v) is 7.51. The van der Waals surface area contributed by atoms with Crippen LogP contribution in [0, 0.1) is 0 Å². The molecule has 1 aromatic carbocycles. The molecule has 7 nitrogen and oxygen atoms in total. The van der Waals surface area contributed by atoms with Gasteiger partial charge in [0.15, 0.2) is 24.6 Å². The molecule has 7 heteroatoms. The van der Waals surface area contributed by atoms with Crippen molar-refractivity contribution in [1.82, 2.24) is 10.6 Å². The first-order chi connectivity index (χ1) is 11.6. The molecule has 1 unspecified atom stereocenters. The molecule has 1 aromatic rings. The molecule has 1 heterocycles. The standard InChI is InChI=1S/C18H27N3O4/c1-12(13-6-7-14-15(8-13)25-11-24-14)19-16(22)9-21(5)10-17(23)20-18(2,3)4/h6-8,12H,9-11H2,1-5H3,(H,19,22)(H,20,23)/p+1/t12-/m0/s1. The van der Waals surface area contributed by atoms with Gasteiger partial charge < -0.3 is 25.0 Å². The number of fused-ring (bicyclic) bond motifs is 1. The van der Waals surface area contributed by atoms with E-state index in [1.165, 1.54) is 0 Å². The Hall–Kier alpha value is -2.28. The number of carbonyl (C=O) groups excluding carboxylic acids is 2. The maximum atomic E-state index is 12.2. The van der Waals surface area contributed by atoms with Gasteiger partial charge in [0, 0.05) is 5.54 Å². The highest BCUT2D eigenvalue weighted by atomic mass is 16.7. The molecule has 2 atom stereocenters. The number of hydrogen-bond donors (Lipinski definition) is 3. The lowest BCUT2D eigenvalue weighted by Gasteiger charge is -2.22. The zero-order chi connectivity index (χ0) is 18.6. The van der Waals surface area contributed by atoms with Crippen molar-refractivity contribution in [3.63, 3.8) is 0 Å². The Morgan fingerprint density at radius 2 is 1.80 bits per heavy atom. The Balaban J connectivity index is 1.82. The van der Waals surface area contributed by atoms with Crippen LogP contribution in [0.25, 0.3) is 0 Å². The SMILES string of the molecule is C[C@H](NC(=O)C[NH+](C)CC(=O)NC(C)(C)C)c1ccc2c(c1)OCO2. The van der Waals surface area contributed by atoms with Crippen LogP contribution in [0.2, 0.25) is 0 Å². The Morgan fingerprint density at radius 3 is 2.48 bits per heavy atom. The maximum Gasteiger partial charge on any atom is 0.275 e. The molecule has 0 spiro atoms. The van der Waals surface area contributed by atoms with Gasteiger partial charge in [-0.3, -0.25) is 9.59 Å². The summed E-state index contributed by atoms with van der Waals surface area (Å²) in [6.45, 7) is 8.41. The van der Waals surface area contributed by atoms with E-state index in [1.54, 1.807) is 0 Å². The predicted octanol–water partition coefficient (Wildman–Crippen LogP) is 0.0219. The summed E-state index contributed by atoms with van der Waals surface area (Å²) >= 11 is 0. The topological polar surface area (TPSA) is 81.1 Å². The van der Waals surface area contributed by atoms with Gasteiger partial charge in [0.05, 0.1) is 13.1 Å². The summed E-state index contributed by atoms with van der Waals surface area (Å²) < 4.78 is 10.6. The van der Waals surface area contributed by atoms with Gasteiger partial charge in [-0.1, -0.05) is 6.07 Å². The number of quaternary nitrogens is 1. The highest BCUT2D eigenvalue weighted by molar-refractivity contribution is 5.79. The van der Waals surface area contributed by atoms with Crippen molar-refractivity contribution in [2.45, 2.75) is 39.3 Å². The molecular weight excluding hydrogens is 322 g/mol. The van der Waals surface area contributed by atoms with Crippen molar-refractivity contribution in [3.8, 4) is 11.5 Å². The molecule has 0 fully saturated rings. The van der Waals surface area contributed by atoms with Crippen molar-refractivity contribution in [1.29, 1.82) is 0 Å². The van der Waals surface area contributed by atoms with Gasteiger partial charge >= 0.3 is 0 Å². The lowest BCUT2D eigenvalue weighted by molar-refractivity contribution is -0.862. The summed E-state index contributed by atoms with van der Waals surface area (Å²) in [5.41, 5.74) is 0.675. The quantitative estimate of drug-likeness (QED) is 0.676.